The zero-order valence-corrected chi connectivity index (χ0v) is 13.5. The molecule has 6 nitrogen and oxygen atoms in total. The highest BCUT2D eigenvalue weighted by atomic mass is 32.2. The summed E-state index contributed by atoms with van der Waals surface area (Å²) in [7, 11) is -2.08. The van der Waals surface area contributed by atoms with Gasteiger partial charge >= 0.3 is 5.97 Å². The molecule has 7 heteroatoms. The first kappa shape index (κ1) is 16.0. The highest BCUT2D eigenvalue weighted by Gasteiger charge is 2.41. The first-order chi connectivity index (χ1) is 9.75. The van der Waals surface area contributed by atoms with E-state index in [0.29, 0.717) is 13.1 Å². The first-order valence-corrected chi connectivity index (χ1v) is 8.59. The number of aromatic carboxylic acids is 1. The Bertz CT molecular complexity index is 644. The van der Waals surface area contributed by atoms with Crippen molar-refractivity contribution in [3.63, 3.8) is 0 Å². The lowest BCUT2D eigenvalue weighted by atomic mass is 9.82. The fourth-order valence-electron chi connectivity index (χ4n) is 2.96. The molecule has 0 radical (unpaired) electrons. The molecule has 2 rings (SSSR count). The van der Waals surface area contributed by atoms with Crippen LogP contribution in [0.1, 0.15) is 43.6 Å². The Kier molecular flexibility index (Phi) is 4.17. The topological polar surface area (TPSA) is 79.6 Å². The number of hydrogen-bond acceptors (Lipinski definition) is 3. The number of aromatic nitrogens is 1. The van der Waals surface area contributed by atoms with Crippen molar-refractivity contribution < 1.29 is 18.3 Å². The SMILES string of the molecule is CCC1(CC)CCN(S(=O)(=O)c2cc(C(=O)O)n(C)c2)C1. The van der Waals surface area contributed by atoms with Gasteiger partial charge in [0.05, 0.1) is 0 Å². The zero-order valence-electron chi connectivity index (χ0n) is 12.7. The highest BCUT2D eigenvalue weighted by molar-refractivity contribution is 7.89. The van der Waals surface area contributed by atoms with E-state index in [1.165, 1.54) is 28.2 Å². The molecule has 0 saturated carbocycles. The van der Waals surface area contributed by atoms with Gasteiger partial charge in [-0.15, -0.1) is 0 Å². The number of carbonyl (C=O) groups is 1. The van der Waals surface area contributed by atoms with Gasteiger partial charge in [-0.25, -0.2) is 13.2 Å². The highest BCUT2D eigenvalue weighted by Crippen LogP contribution is 2.39. The minimum atomic E-state index is -3.62. The number of carboxylic acid groups (broad SMARTS) is 1. The van der Waals surface area contributed by atoms with Crippen molar-refractivity contribution in [1.82, 2.24) is 8.87 Å². The lowest BCUT2D eigenvalue weighted by Gasteiger charge is -2.26. The Morgan fingerprint density at radius 3 is 2.43 bits per heavy atom. The van der Waals surface area contributed by atoms with E-state index in [2.05, 4.69) is 13.8 Å². The van der Waals surface area contributed by atoms with Gasteiger partial charge in [0.15, 0.2) is 0 Å². The van der Waals surface area contributed by atoms with Crippen LogP contribution in [0.15, 0.2) is 17.2 Å². The van der Waals surface area contributed by atoms with Crippen molar-refractivity contribution in [3.8, 4) is 0 Å². The number of rotatable bonds is 5. The molecule has 1 aliphatic rings. The van der Waals surface area contributed by atoms with Crippen molar-refractivity contribution >= 4 is 16.0 Å². The zero-order chi connectivity index (χ0) is 15.8. The molecule has 0 aromatic carbocycles. The van der Waals surface area contributed by atoms with Crippen LogP contribution in [-0.4, -0.2) is 41.5 Å². The van der Waals surface area contributed by atoms with E-state index in [-0.39, 0.29) is 16.0 Å². The lowest BCUT2D eigenvalue weighted by Crippen LogP contribution is -2.31. The molecule has 21 heavy (non-hydrogen) atoms. The van der Waals surface area contributed by atoms with Gasteiger partial charge in [0.1, 0.15) is 10.6 Å². The summed E-state index contributed by atoms with van der Waals surface area (Å²) in [4.78, 5) is 11.1. The second-order valence-electron chi connectivity index (χ2n) is 5.77. The third kappa shape index (κ3) is 2.72. The van der Waals surface area contributed by atoms with Crippen molar-refractivity contribution in [3.05, 3.63) is 18.0 Å². The van der Waals surface area contributed by atoms with Gasteiger partial charge < -0.3 is 9.67 Å². The summed E-state index contributed by atoms with van der Waals surface area (Å²) in [6.45, 7) is 5.19. The molecular formula is C14H22N2O4S. The van der Waals surface area contributed by atoms with Crippen LogP contribution in [0.5, 0.6) is 0 Å². The fraction of sp³-hybridized carbons (Fsp3) is 0.643. The van der Waals surface area contributed by atoms with Gasteiger partial charge in [0.2, 0.25) is 10.0 Å². The summed E-state index contributed by atoms with van der Waals surface area (Å²) in [6.07, 6.45) is 4.13. The Hall–Kier alpha value is -1.34. The van der Waals surface area contributed by atoms with Gasteiger partial charge in [-0.3, -0.25) is 0 Å². The summed E-state index contributed by atoms with van der Waals surface area (Å²) in [5, 5.41) is 9.04. The molecule has 1 aliphatic heterocycles. The van der Waals surface area contributed by atoms with Crippen LogP contribution in [0, 0.1) is 5.41 Å². The Labute approximate surface area is 125 Å². The van der Waals surface area contributed by atoms with Crippen LogP contribution in [0.2, 0.25) is 0 Å². The Balaban J connectivity index is 2.32. The number of sulfonamides is 1. The number of carboxylic acids is 1. The maximum Gasteiger partial charge on any atom is 0.352 e. The van der Waals surface area contributed by atoms with Gasteiger partial charge in [0, 0.05) is 26.3 Å². The summed E-state index contributed by atoms with van der Waals surface area (Å²) in [5.41, 5.74) is 0.0299. The maximum atomic E-state index is 12.7. The van der Waals surface area contributed by atoms with Crippen LogP contribution in [0.4, 0.5) is 0 Å². The largest absolute Gasteiger partial charge is 0.477 e. The standard InChI is InChI=1S/C14H22N2O4S/c1-4-14(5-2)6-7-16(10-14)21(19,20)11-8-12(13(17)18)15(3)9-11/h8-9H,4-7,10H2,1-3H3,(H,17,18). The Morgan fingerprint density at radius 2 is 2.00 bits per heavy atom. The van der Waals surface area contributed by atoms with Gasteiger partial charge in [-0.1, -0.05) is 13.8 Å². The third-order valence-corrected chi connectivity index (χ3v) is 6.55. The summed E-state index contributed by atoms with van der Waals surface area (Å²) >= 11 is 0. The van der Waals surface area contributed by atoms with Gasteiger partial charge in [-0.2, -0.15) is 4.31 Å². The predicted molar refractivity (Wildman–Crippen MR) is 78.8 cm³/mol. The van der Waals surface area contributed by atoms with E-state index in [4.69, 9.17) is 5.11 Å². The smallest absolute Gasteiger partial charge is 0.352 e. The van der Waals surface area contributed by atoms with Crippen LogP contribution in [0.3, 0.4) is 0 Å². The molecule has 2 heterocycles. The molecule has 1 saturated heterocycles. The predicted octanol–water partition coefficient (Wildman–Crippen LogP) is 1.92. The van der Waals surface area contributed by atoms with E-state index in [1.54, 1.807) is 0 Å². The summed E-state index contributed by atoms with van der Waals surface area (Å²) in [5.74, 6) is -1.13. The summed E-state index contributed by atoms with van der Waals surface area (Å²) < 4.78 is 28.1. The number of aryl methyl sites for hydroxylation is 1. The fourth-order valence-corrected chi connectivity index (χ4v) is 4.59. The van der Waals surface area contributed by atoms with Crippen molar-refractivity contribution in [2.75, 3.05) is 13.1 Å². The quantitative estimate of drug-likeness (QED) is 0.900. The number of nitrogens with zero attached hydrogens (tertiary/aromatic N) is 2. The molecule has 118 valence electrons. The van der Waals surface area contributed by atoms with E-state index in [9.17, 15) is 13.2 Å². The van der Waals surface area contributed by atoms with Gasteiger partial charge in [-0.05, 0) is 30.7 Å². The van der Waals surface area contributed by atoms with Crippen LogP contribution in [-0.2, 0) is 17.1 Å². The summed E-state index contributed by atoms with van der Waals surface area (Å²) in [6, 6.07) is 1.23. The molecule has 0 unspecified atom stereocenters. The van der Waals surface area contributed by atoms with Crippen molar-refractivity contribution in [1.29, 1.82) is 0 Å². The van der Waals surface area contributed by atoms with Gasteiger partial charge in [0.25, 0.3) is 0 Å². The maximum absolute atomic E-state index is 12.7. The minimum Gasteiger partial charge on any atom is -0.477 e. The lowest BCUT2D eigenvalue weighted by molar-refractivity contribution is 0.0686. The van der Waals surface area contributed by atoms with E-state index in [1.807, 2.05) is 0 Å². The van der Waals surface area contributed by atoms with Crippen LogP contribution in [0.25, 0.3) is 0 Å². The molecule has 1 N–H and O–H groups in total. The molecule has 1 aromatic rings. The average Bonchev–Trinajstić information content (AvgIpc) is 3.03. The molecule has 1 aromatic heterocycles. The van der Waals surface area contributed by atoms with Crippen molar-refractivity contribution in [2.24, 2.45) is 12.5 Å². The second-order valence-corrected chi connectivity index (χ2v) is 7.71. The molecule has 0 spiro atoms. The molecule has 0 bridgehead atoms. The molecule has 0 atom stereocenters. The third-order valence-electron chi connectivity index (χ3n) is 4.74. The first-order valence-electron chi connectivity index (χ1n) is 7.15. The van der Waals surface area contributed by atoms with Crippen LogP contribution >= 0.6 is 0 Å². The molecule has 0 amide bonds. The minimum absolute atomic E-state index is 0.0231. The van der Waals surface area contributed by atoms with Crippen LogP contribution < -0.4 is 0 Å². The van der Waals surface area contributed by atoms with E-state index >= 15 is 0 Å². The number of hydrogen-bond donors (Lipinski definition) is 1. The monoisotopic (exact) mass is 314 g/mol. The normalized spacial score (nSPS) is 19.0. The average molecular weight is 314 g/mol. The molecule has 1 fully saturated rings. The molecule has 0 aliphatic carbocycles. The molecular weight excluding hydrogens is 292 g/mol. The van der Waals surface area contributed by atoms with Crippen molar-refractivity contribution in [2.45, 2.75) is 38.0 Å². The van der Waals surface area contributed by atoms with E-state index in [0.717, 1.165) is 19.3 Å². The second kappa shape index (κ2) is 5.46. The van der Waals surface area contributed by atoms with E-state index < -0.39 is 16.0 Å². The Morgan fingerprint density at radius 1 is 1.38 bits per heavy atom.